The third kappa shape index (κ3) is 3.00. The van der Waals surface area contributed by atoms with E-state index in [1.54, 1.807) is 16.7 Å². The average molecular weight is 295 g/mol. The molecule has 3 heterocycles. The fourth-order valence-electron chi connectivity index (χ4n) is 2.51. The molecule has 6 heteroatoms. The number of piperazine rings is 1. The highest BCUT2D eigenvalue weighted by Crippen LogP contribution is 2.08. The zero-order valence-corrected chi connectivity index (χ0v) is 12.3. The summed E-state index contributed by atoms with van der Waals surface area (Å²) >= 11 is 0. The predicted molar refractivity (Wildman–Crippen MR) is 81.5 cm³/mol. The highest BCUT2D eigenvalue weighted by molar-refractivity contribution is 5.85. The van der Waals surface area contributed by atoms with E-state index in [9.17, 15) is 4.79 Å². The van der Waals surface area contributed by atoms with E-state index in [1.165, 1.54) is 0 Å². The Hall–Kier alpha value is -1.43. The van der Waals surface area contributed by atoms with Gasteiger partial charge >= 0.3 is 0 Å². The Balaban J connectivity index is 0.00000147. The second kappa shape index (κ2) is 6.35. The fraction of sp³-hybridized carbons (Fsp3) is 0.429. The van der Waals surface area contributed by atoms with Crippen LogP contribution in [-0.4, -0.2) is 40.0 Å². The lowest BCUT2D eigenvalue weighted by Gasteiger charge is -2.33. The Labute approximate surface area is 124 Å². The third-order valence-corrected chi connectivity index (χ3v) is 3.63. The summed E-state index contributed by atoms with van der Waals surface area (Å²) in [6.07, 6.45) is 1.75. The normalized spacial score (nSPS) is 19.8. The molecule has 108 valence electrons. The summed E-state index contributed by atoms with van der Waals surface area (Å²) in [7, 11) is 0. The first-order valence-corrected chi connectivity index (χ1v) is 6.66. The Bertz CT molecular complexity index is 642. The summed E-state index contributed by atoms with van der Waals surface area (Å²) in [5.74, 6) is 0. The van der Waals surface area contributed by atoms with E-state index in [4.69, 9.17) is 0 Å². The number of fused-ring (bicyclic) bond motifs is 1. The minimum Gasteiger partial charge on any atom is -0.314 e. The van der Waals surface area contributed by atoms with Crippen molar-refractivity contribution in [3.05, 3.63) is 46.5 Å². The van der Waals surface area contributed by atoms with Gasteiger partial charge in [0.25, 0.3) is 5.56 Å². The molecule has 0 amide bonds. The van der Waals surface area contributed by atoms with Crippen LogP contribution >= 0.6 is 12.4 Å². The second-order valence-corrected chi connectivity index (χ2v) is 5.04. The van der Waals surface area contributed by atoms with Crippen molar-refractivity contribution in [3.8, 4) is 0 Å². The van der Waals surface area contributed by atoms with E-state index in [0.29, 0.717) is 11.7 Å². The lowest BCUT2D eigenvalue weighted by atomic mass is 10.2. The summed E-state index contributed by atoms with van der Waals surface area (Å²) in [4.78, 5) is 18.9. The molecule has 0 bridgehead atoms. The SMILES string of the molecule is C[C@@H]1CNCCN1Cc1cc(=O)n2ccccc2n1.Cl. The van der Waals surface area contributed by atoms with Gasteiger partial charge in [-0.2, -0.15) is 0 Å². The van der Waals surface area contributed by atoms with Crippen molar-refractivity contribution < 1.29 is 0 Å². The van der Waals surface area contributed by atoms with Crippen molar-refractivity contribution >= 4 is 18.1 Å². The molecular weight excluding hydrogens is 276 g/mol. The molecule has 2 aromatic rings. The van der Waals surface area contributed by atoms with Gasteiger partial charge in [-0.3, -0.25) is 14.1 Å². The molecule has 0 aliphatic carbocycles. The lowest BCUT2D eigenvalue weighted by Crippen LogP contribution is -2.49. The van der Waals surface area contributed by atoms with Gasteiger partial charge in [-0.1, -0.05) is 6.07 Å². The number of rotatable bonds is 2. The quantitative estimate of drug-likeness (QED) is 0.894. The van der Waals surface area contributed by atoms with Gasteiger partial charge in [-0.15, -0.1) is 12.4 Å². The molecule has 0 saturated carbocycles. The standard InChI is InChI=1S/C14H18N4O.ClH/c1-11-9-15-5-7-17(11)10-12-8-14(19)18-6-3-2-4-13(18)16-12;/h2-4,6,8,11,15H,5,7,9-10H2,1H3;1H/t11-;/m1./s1. The van der Waals surface area contributed by atoms with Crippen molar-refractivity contribution in [1.29, 1.82) is 0 Å². The Morgan fingerprint density at radius 3 is 3.10 bits per heavy atom. The summed E-state index contributed by atoms with van der Waals surface area (Å²) < 4.78 is 1.57. The minimum absolute atomic E-state index is 0. The molecule has 1 atom stereocenters. The highest BCUT2D eigenvalue weighted by Gasteiger charge is 2.18. The van der Waals surface area contributed by atoms with Gasteiger partial charge in [0.15, 0.2) is 0 Å². The molecular formula is C14H19ClN4O. The van der Waals surface area contributed by atoms with Crippen LogP contribution in [0, 0.1) is 0 Å². The molecule has 20 heavy (non-hydrogen) atoms. The largest absolute Gasteiger partial charge is 0.314 e. The van der Waals surface area contributed by atoms with Crippen molar-refractivity contribution in [3.63, 3.8) is 0 Å². The van der Waals surface area contributed by atoms with Crippen molar-refractivity contribution in [2.75, 3.05) is 19.6 Å². The number of hydrogen-bond donors (Lipinski definition) is 1. The first-order valence-electron chi connectivity index (χ1n) is 6.66. The van der Waals surface area contributed by atoms with E-state index in [2.05, 4.69) is 22.1 Å². The summed E-state index contributed by atoms with van der Waals surface area (Å²) in [6.45, 7) is 5.92. The molecule has 0 radical (unpaired) electrons. The maximum atomic E-state index is 12.0. The highest BCUT2D eigenvalue weighted by atomic mass is 35.5. The molecule has 1 aliphatic heterocycles. The van der Waals surface area contributed by atoms with E-state index >= 15 is 0 Å². The van der Waals surface area contributed by atoms with E-state index in [-0.39, 0.29) is 18.0 Å². The second-order valence-electron chi connectivity index (χ2n) is 5.04. The van der Waals surface area contributed by atoms with Crippen LogP contribution in [0.25, 0.3) is 5.65 Å². The summed E-state index contributed by atoms with van der Waals surface area (Å²) in [5, 5.41) is 3.36. The zero-order valence-electron chi connectivity index (χ0n) is 11.5. The van der Waals surface area contributed by atoms with Crippen LogP contribution in [0.15, 0.2) is 35.3 Å². The maximum absolute atomic E-state index is 12.0. The van der Waals surface area contributed by atoms with Gasteiger partial charge in [-0.25, -0.2) is 4.98 Å². The van der Waals surface area contributed by atoms with Crippen LogP contribution in [0.3, 0.4) is 0 Å². The van der Waals surface area contributed by atoms with Gasteiger partial charge in [0.2, 0.25) is 0 Å². The van der Waals surface area contributed by atoms with Crippen LogP contribution in [-0.2, 0) is 6.54 Å². The minimum atomic E-state index is -0.0108. The molecule has 1 N–H and O–H groups in total. The van der Waals surface area contributed by atoms with Crippen LogP contribution in [0.4, 0.5) is 0 Å². The number of aromatic nitrogens is 2. The lowest BCUT2D eigenvalue weighted by molar-refractivity contribution is 0.164. The molecule has 0 spiro atoms. The number of halogens is 1. The third-order valence-electron chi connectivity index (χ3n) is 3.63. The van der Waals surface area contributed by atoms with Crippen molar-refractivity contribution in [2.45, 2.75) is 19.5 Å². The van der Waals surface area contributed by atoms with Gasteiger partial charge in [-0.05, 0) is 19.1 Å². The number of nitrogens with zero attached hydrogens (tertiary/aromatic N) is 3. The van der Waals surface area contributed by atoms with Crippen LogP contribution in [0.5, 0.6) is 0 Å². The molecule has 1 aliphatic rings. The van der Waals surface area contributed by atoms with Gasteiger partial charge in [0.05, 0.1) is 5.69 Å². The fourth-order valence-corrected chi connectivity index (χ4v) is 2.51. The van der Waals surface area contributed by atoms with Gasteiger partial charge < -0.3 is 5.32 Å². The molecule has 3 rings (SSSR count). The summed E-state index contributed by atoms with van der Waals surface area (Å²) in [5.41, 5.74) is 1.56. The average Bonchev–Trinajstić information content (AvgIpc) is 2.42. The molecule has 5 nitrogen and oxygen atoms in total. The first kappa shape index (κ1) is 15.0. The van der Waals surface area contributed by atoms with E-state index in [0.717, 1.165) is 31.9 Å². The monoisotopic (exact) mass is 294 g/mol. The Morgan fingerprint density at radius 2 is 2.30 bits per heavy atom. The Kier molecular flexibility index (Phi) is 4.75. The molecule has 0 aromatic carbocycles. The number of pyridine rings is 1. The number of hydrogen-bond acceptors (Lipinski definition) is 4. The molecule has 2 aromatic heterocycles. The van der Waals surface area contributed by atoms with Gasteiger partial charge in [0, 0.05) is 44.5 Å². The molecule has 0 unspecified atom stereocenters. The van der Waals surface area contributed by atoms with Crippen molar-refractivity contribution in [1.82, 2.24) is 19.6 Å². The Morgan fingerprint density at radius 1 is 1.45 bits per heavy atom. The maximum Gasteiger partial charge on any atom is 0.258 e. The van der Waals surface area contributed by atoms with E-state index < -0.39 is 0 Å². The van der Waals surface area contributed by atoms with Gasteiger partial charge in [0.1, 0.15) is 5.65 Å². The summed E-state index contributed by atoms with van der Waals surface area (Å²) in [6, 6.07) is 7.73. The molecule has 1 fully saturated rings. The first-order chi connectivity index (χ1) is 9.24. The van der Waals surface area contributed by atoms with Crippen LogP contribution in [0.1, 0.15) is 12.6 Å². The van der Waals surface area contributed by atoms with Crippen LogP contribution in [0.2, 0.25) is 0 Å². The number of nitrogens with one attached hydrogen (secondary N) is 1. The van der Waals surface area contributed by atoms with Crippen LogP contribution < -0.4 is 10.9 Å². The van der Waals surface area contributed by atoms with Crippen molar-refractivity contribution in [2.24, 2.45) is 0 Å². The predicted octanol–water partition coefficient (Wildman–Crippen LogP) is 0.910. The zero-order chi connectivity index (χ0) is 13.2. The smallest absolute Gasteiger partial charge is 0.258 e. The van der Waals surface area contributed by atoms with E-state index in [1.807, 2.05) is 18.2 Å². The topological polar surface area (TPSA) is 49.6 Å². The molecule has 1 saturated heterocycles.